The molecule has 6 nitrogen and oxygen atoms in total. The molecular weight excluding hydrogens is 328 g/mol. The number of Topliss-reactive ketones (excluding diaryl/α,β-unsaturated/α-hetero) is 1. The van der Waals surface area contributed by atoms with Crippen molar-refractivity contribution in [2.75, 3.05) is 23.3 Å². The highest BCUT2D eigenvalue weighted by molar-refractivity contribution is 6.03. The Kier molecular flexibility index (Phi) is 5.30. The number of ketones is 1. The number of benzene rings is 1. The number of hydrogen-bond donors (Lipinski definition) is 1. The molecule has 0 unspecified atom stereocenters. The van der Waals surface area contributed by atoms with Gasteiger partial charge in [0.05, 0.1) is 0 Å². The fourth-order valence-corrected chi connectivity index (χ4v) is 3.00. The van der Waals surface area contributed by atoms with Crippen molar-refractivity contribution in [2.45, 2.75) is 33.6 Å². The molecule has 1 aromatic heterocycles. The van der Waals surface area contributed by atoms with Crippen LogP contribution in [0.25, 0.3) is 0 Å². The van der Waals surface area contributed by atoms with Crippen LogP contribution in [0, 0.1) is 12.8 Å². The fraction of sp³-hybridized carbons (Fsp3) is 0.400. The molecule has 1 N–H and O–H groups in total. The molecule has 6 heteroatoms. The molecule has 26 heavy (non-hydrogen) atoms. The third-order valence-electron chi connectivity index (χ3n) is 4.69. The largest absolute Gasteiger partial charge is 0.341 e. The van der Waals surface area contributed by atoms with Gasteiger partial charge in [-0.25, -0.2) is 9.97 Å². The van der Waals surface area contributed by atoms with Crippen LogP contribution in [0.15, 0.2) is 30.3 Å². The molecule has 3 rings (SSSR count). The number of hydrogen-bond acceptors (Lipinski definition) is 5. The zero-order valence-corrected chi connectivity index (χ0v) is 15.5. The van der Waals surface area contributed by atoms with Crippen LogP contribution < -0.4 is 10.2 Å². The summed E-state index contributed by atoms with van der Waals surface area (Å²) in [6.07, 6.45) is 2.22. The van der Waals surface area contributed by atoms with Crippen molar-refractivity contribution in [1.29, 1.82) is 0 Å². The maximum Gasteiger partial charge on any atom is 0.274 e. The van der Waals surface area contributed by atoms with E-state index in [-0.39, 0.29) is 11.7 Å². The molecule has 0 saturated carbocycles. The van der Waals surface area contributed by atoms with Gasteiger partial charge in [0, 0.05) is 30.0 Å². The maximum atomic E-state index is 12.6. The van der Waals surface area contributed by atoms with Crippen molar-refractivity contribution in [3.63, 3.8) is 0 Å². The molecular formula is C20H24N4O2. The standard InChI is InChI=1S/C20H24N4O2/c1-13-8-10-24(11-9-13)20-21-14(2)12-18(23-20)19(26)22-17-6-4-16(5-7-17)15(3)25/h4-7,12-13H,8-11H2,1-3H3,(H,22,26). The van der Waals surface area contributed by atoms with Gasteiger partial charge < -0.3 is 10.2 Å². The van der Waals surface area contributed by atoms with E-state index >= 15 is 0 Å². The zero-order valence-electron chi connectivity index (χ0n) is 15.5. The lowest BCUT2D eigenvalue weighted by Crippen LogP contribution is -2.34. The van der Waals surface area contributed by atoms with Crippen molar-refractivity contribution in [3.05, 3.63) is 47.3 Å². The van der Waals surface area contributed by atoms with Crippen LogP contribution in [-0.4, -0.2) is 34.7 Å². The highest BCUT2D eigenvalue weighted by Gasteiger charge is 2.20. The van der Waals surface area contributed by atoms with Crippen LogP contribution in [0.2, 0.25) is 0 Å². The monoisotopic (exact) mass is 352 g/mol. The number of anilines is 2. The van der Waals surface area contributed by atoms with Gasteiger partial charge >= 0.3 is 0 Å². The Hall–Kier alpha value is -2.76. The fourth-order valence-electron chi connectivity index (χ4n) is 3.00. The van der Waals surface area contributed by atoms with Crippen molar-refractivity contribution < 1.29 is 9.59 Å². The minimum absolute atomic E-state index is 0.00482. The minimum atomic E-state index is -0.280. The normalized spacial score (nSPS) is 15.0. The Balaban J connectivity index is 1.75. The Morgan fingerprint density at radius 2 is 1.77 bits per heavy atom. The van der Waals surface area contributed by atoms with E-state index in [1.165, 1.54) is 6.92 Å². The summed E-state index contributed by atoms with van der Waals surface area (Å²) in [5.74, 6) is 1.05. The number of piperidine rings is 1. The molecule has 0 spiro atoms. The second-order valence-corrected chi connectivity index (χ2v) is 6.95. The second-order valence-electron chi connectivity index (χ2n) is 6.95. The molecule has 1 fully saturated rings. The van der Waals surface area contributed by atoms with Gasteiger partial charge in [0.15, 0.2) is 5.78 Å². The molecule has 0 bridgehead atoms. The number of carbonyl (C=O) groups excluding carboxylic acids is 2. The number of aryl methyl sites for hydroxylation is 1. The summed E-state index contributed by atoms with van der Waals surface area (Å²) >= 11 is 0. The highest BCUT2D eigenvalue weighted by Crippen LogP contribution is 2.21. The summed E-state index contributed by atoms with van der Waals surface area (Å²) in [5.41, 5.74) is 2.36. The molecule has 1 saturated heterocycles. The Labute approximate surface area is 153 Å². The van der Waals surface area contributed by atoms with Crippen LogP contribution in [0.3, 0.4) is 0 Å². The third-order valence-corrected chi connectivity index (χ3v) is 4.69. The van der Waals surface area contributed by atoms with Gasteiger partial charge in [-0.3, -0.25) is 9.59 Å². The lowest BCUT2D eigenvalue weighted by atomic mass is 10.00. The summed E-state index contributed by atoms with van der Waals surface area (Å²) in [6, 6.07) is 8.52. The predicted molar refractivity (Wildman–Crippen MR) is 102 cm³/mol. The number of carbonyl (C=O) groups is 2. The Morgan fingerprint density at radius 3 is 2.38 bits per heavy atom. The number of nitrogens with one attached hydrogen (secondary N) is 1. The summed E-state index contributed by atoms with van der Waals surface area (Å²) in [4.78, 5) is 35.0. The van der Waals surface area contributed by atoms with Crippen LogP contribution >= 0.6 is 0 Å². The van der Waals surface area contributed by atoms with Gasteiger partial charge in [-0.1, -0.05) is 6.92 Å². The smallest absolute Gasteiger partial charge is 0.274 e. The lowest BCUT2D eigenvalue weighted by Gasteiger charge is -2.30. The summed E-state index contributed by atoms with van der Waals surface area (Å²) in [6.45, 7) is 7.47. The maximum absolute atomic E-state index is 12.6. The van der Waals surface area contributed by atoms with Gasteiger partial charge in [-0.05, 0) is 62.9 Å². The molecule has 1 amide bonds. The van der Waals surface area contributed by atoms with Crippen molar-refractivity contribution in [2.24, 2.45) is 5.92 Å². The van der Waals surface area contributed by atoms with E-state index < -0.39 is 0 Å². The van der Waals surface area contributed by atoms with E-state index in [0.717, 1.165) is 37.5 Å². The van der Waals surface area contributed by atoms with Crippen LogP contribution in [0.1, 0.15) is 53.2 Å². The molecule has 1 aromatic carbocycles. The van der Waals surface area contributed by atoms with Gasteiger partial charge in [0.2, 0.25) is 5.95 Å². The average Bonchev–Trinajstić information content (AvgIpc) is 2.62. The number of nitrogens with zero attached hydrogens (tertiary/aromatic N) is 3. The number of rotatable bonds is 4. The first-order valence-corrected chi connectivity index (χ1v) is 8.95. The Morgan fingerprint density at radius 1 is 1.12 bits per heavy atom. The van der Waals surface area contributed by atoms with E-state index in [9.17, 15) is 9.59 Å². The van der Waals surface area contributed by atoms with Gasteiger partial charge in [-0.15, -0.1) is 0 Å². The van der Waals surface area contributed by atoms with E-state index in [2.05, 4.69) is 27.1 Å². The number of aromatic nitrogens is 2. The van der Waals surface area contributed by atoms with Gasteiger partial charge in [0.25, 0.3) is 5.91 Å². The van der Waals surface area contributed by atoms with Crippen LogP contribution in [-0.2, 0) is 0 Å². The summed E-state index contributed by atoms with van der Waals surface area (Å²) in [5, 5.41) is 2.83. The van der Waals surface area contributed by atoms with Gasteiger partial charge in [0.1, 0.15) is 5.69 Å². The highest BCUT2D eigenvalue weighted by atomic mass is 16.2. The van der Waals surface area contributed by atoms with Crippen molar-refractivity contribution in [3.8, 4) is 0 Å². The second kappa shape index (κ2) is 7.64. The molecule has 1 aliphatic rings. The molecule has 0 aliphatic carbocycles. The molecule has 0 radical (unpaired) electrons. The quantitative estimate of drug-likeness (QED) is 0.853. The van der Waals surface area contributed by atoms with Crippen LogP contribution in [0.4, 0.5) is 11.6 Å². The Bertz CT molecular complexity index is 809. The molecule has 0 atom stereocenters. The summed E-state index contributed by atoms with van der Waals surface area (Å²) < 4.78 is 0. The topological polar surface area (TPSA) is 75.2 Å². The zero-order chi connectivity index (χ0) is 18.7. The molecule has 136 valence electrons. The van der Waals surface area contributed by atoms with E-state index in [1.807, 2.05) is 6.92 Å². The SMILES string of the molecule is CC(=O)c1ccc(NC(=O)c2cc(C)nc(N3CCC(C)CC3)n2)cc1. The molecule has 1 aliphatic heterocycles. The molecule has 2 heterocycles. The van der Waals surface area contributed by atoms with Crippen molar-refractivity contribution in [1.82, 2.24) is 9.97 Å². The van der Waals surface area contributed by atoms with Gasteiger partial charge in [-0.2, -0.15) is 0 Å². The van der Waals surface area contributed by atoms with E-state index in [0.29, 0.717) is 22.9 Å². The minimum Gasteiger partial charge on any atom is -0.341 e. The van der Waals surface area contributed by atoms with E-state index in [4.69, 9.17) is 0 Å². The first kappa shape index (κ1) is 18.0. The first-order valence-electron chi connectivity index (χ1n) is 8.95. The molecule has 2 aromatic rings. The van der Waals surface area contributed by atoms with E-state index in [1.54, 1.807) is 30.3 Å². The predicted octanol–water partition coefficient (Wildman–Crippen LogP) is 3.48. The third kappa shape index (κ3) is 4.25. The van der Waals surface area contributed by atoms with Crippen LogP contribution in [0.5, 0.6) is 0 Å². The summed E-state index contributed by atoms with van der Waals surface area (Å²) in [7, 11) is 0. The number of amides is 1. The van der Waals surface area contributed by atoms with Crippen molar-refractivity contribution >= 4 is 23.3 Å². The first-order chi connectivity index (χ1) is 12.4. The average molecular weight is 352 g/mol. The lowest BCUT2D eigenvalue weighted by molar-refractivity contribution is 0.101.